The Morgan fingerprint density at radius 2 is 1.93 bits per heavy atom. The highest BCUT2D eigenvalue weighted by Crippen LogP contribution is 2.29. The van der Waals surface area contributed by atoms with Gasteiger partial charge in [0.15, 0.2) is 0 Å². The highest BCUT2D eigenvalue weighted by atomic mass is 15.1. The second kappa shape index (κ2) is 5.29. The molecule has 0 heterocycles. The minimum Gasteiger partial charge on any atom is -0.329 e. The van der Waals surface area contributed by atoms with Gasteiger partial charge in [-0.25, -0.2) is 0 Å². The molecule has 1 aliphatic carbocycles. The third kappa shape index (κ3) is 3.65. The lowest BCUT2D eigenvalue weighted by molar-refractivity contribution is 0.262. The Kier molecular flexibility index (Phi) is 3.75. The highest BCUT2D eigenvalue weighted by molar-refractivity contribution is 5.14. The average molecular weight is 204 g/mol. The molecule has 82 valence electrons. The van der Waals surface area contributed by atoms with E-state index in [2.05, 4.69) is 35.2 Å². The molecule has 2 nitrogen and oxygen atoms in total. The van der Waals surface area contributed by atoms with Crippen molar-refractivity contribution in [1.29, 1.82) is 0 Å². The van der Waals surface area contributed by atoms with Crippen LogP contribution < -0.4 is 5.73 Å². The number of hydrogen-bond donors (Lipinski definition) is 1. The van der Waals surface area contributed by atoms with E-state index in [0.717, 1.165) is 25.6 Å². The molecule has 0 spiro atoms. The molecule has 1 fully saturated rings. The Morgan fingerprint density at radius 3 is 2.53 bits per heavy atom. The molecule has 0 unspecified atom stereocenters. The molecule has 1 aliphatic rings. The second-order valence-corrected chi connectivity index (χ2v) is 4.45. The van der Waals surface area contributed by atoms with Gasteiger partial charge < -0.3 is 5.73 Å². The first-order valence-corrected chi connectivity index (χ1v) is 5.85. The minimum absolute atomic E-state index is 0.763. The lowest BCUT2D eigenvalue weighted by Crippen LogP contribution is -2.30. The van der Waals surface area contributed by atoms with Crippen LogP contribution in [0.25, 0.3) is 0 Å². The first-order valence-electron chi connectivity index (χ1n) is 5.85. The summed E-state index contributed by atoms with van der Waals surface area (Å²) in [7, 11) is 0. The van der Waals surface area contributed by atoms with E-state index in [4.69, 9.17) is 5.73 Å². The number of benzene rings is 1. The molecule has 0 radical (unpaired) electrons. The zero-order chi connectivity index (χ0) is 10.5. The summed E-state index contributed by atoms with van der Waals surface area (Å²) < 4.78 is 0. The zero-order valence-corrected chi connectivity index (χ0v) is 9.23. The van der Waals surface area contributed by atoms with Crippen LogP contribution >= 0.6 is 0 Å². The molecule has 2 N–H and O–H groups in total. The summed E-state index contributed by atoms with van der Waals surface area (Å²) in [5.74, 6) is 0.945. The van der Waals surface area contributed by atoms with Gasteiger partial charge in [0.1, 0.15) is 0 Å². The summed E-state index contributed by atoms with van der Waals surface area (Å²) >= 11 is 0. The van der Waals surface area contributed by atoms with Crippen molar-refractivity contribution in [2.24, 2.45) is 11.7 Å². The summed E-state index contributed by atoms with van der Waals surface area (Å²) in [6.45, 7) is 4.06. The van der Waals surface area contributed by atoms with Crippen LogP contribution in [0.5, 0.6) is 0 Å². The Balaban J connectivity index is 1.87. The summed E-state index contributed by atoms with van der Waals surface area (Å²) in [6, 6.07) is 10.7. The Hall–Kier alpha value is -0.860. The van der Waals surface area contributed by atoms with E-state index in [9.17, 15) is 0 Å². The van der Waals surface area contributed by atoms with Crippen LogP contribution in [0.1, 0.15) is 18.4 Å². The normalized spacial score (nSPS) is 15.9. The standard InChI is InChI=1S/C13H20N2/c14-8-9-15(11-13-6-7-13)10-12-4-2-1-3-5-12/h1-5,13H,6-11,14H2. The average Bonchev–Trinajstić information content (AvgIpc) is 3.03. The summed E-state index contributed by atoms with van der Waals surface area (Å²) in [5, 5.41) is 0. The van der Waals surface area contributed by atoms with Crippen LogP contribution in [0, 0.1) is 5.92 Å². The maximum Gasteiger partial charge on any atom is 0.0234 e. The molecular formula is C13H20N2. The van der Waals surface area contributed by atoms with E-state index < -0.39 is 0 Å². The van der Waals surface area contributed by atoms with Crippen LogP contribution in [-0.4, -0.2) is 24.5 Å². The number of nitrogens with zero attached hydrogens (tertiary/aromatic N) is 1. The molecule has 0 saturated heterocycles. The lowest BCUT2D eigenvalue weighted by atomic mass is 10.2. The lowest BCUT2D eigenvalue weighted by Gasteiger charge is -2.21. The van der Waals surface area contributed by atoms with Gasteiger partial charge in [-0.3, -0.25) is 4.90 Å². The smallest absolute Gasteiger partial charge is 0.0234 e. The van der Waals surface area contributed by atoms with Crippen molar-refractivity contribution in [3.63, 3.8) is 0 Å². The fraction of sp³-hybridized carbons (Fsp3) is 0.538. The van der Waals surface area contributed by atoms with Gasteiger partial charge in [-0.05, 0) is 24.3 Å². The van der Waals surface area contributed by atoms with E-state index in [1.807, 2.05) is 0 Å². The van der Waals surface area contributed by atoms with Gasteiger partial charge in [0.2, 0.25) is 0 Å². The molecule has 0 atom stereocenters. The van der Waals surface area contributed by atoms with Crippen LogP contribution in [0.4, 0.5) is 0 Å². The van der Waals surface area contributed by atoms with E-state index in [0.29, 0.717) is 0 Å². The summed E-state index contributed by atoms with van der Waals surface area (Å²) in [6.07, 6.45) is 2.83. The number of nitrogens with two attached hydrogens (primary N) is 1. The van der Waals surface area contributed by atoms with Gasteiger partial charge in [0, 0.05) is 26.2 Å². The summed E-state index contributed by atoms with van der Waals surface area (Å²) in [5.41, 5.74) is 7.03. The predicted octanol–water partition coefficient (Wildman–Crippen LogP) is 1.86. The largest absolute Gasteiger partial charge is 0.329 e. The molecule has 0 bridgehead atoms. The van der Waals surface area contributed by atoms with Gasteiger partial charge in [0.05, 0.1) is 0 Å². The first-order chi connectivity index (χ1) is 7.38. The van der Waals surface area contributed by atoms with Crippen LogP contribution in [0.3, 0.4) is 0 Å². The summed E-state index contributed by atoms with van der Waals surface area (Å²) in [4.78, 5) is 2.48. The van der Waals surface area contributed by atoms with E-state index in [1.54, 1.807) is 0 Å². The molecule has 1 saturated carbocycles. The zero-order valence-electron chi connectivity index (χ0n) is 9.23. The molecule has 2 heteroatoms. The number of hydrogen-bond acceptors (Lipinski definition) is 2. The third-order valence-corrected chi connectivity index (χ3v) is 2.91. The van der Waals surface area contributed by atoms with Crippen molar-refractivity contribution in [2.75, 3.05) is 19.6 Å². The molecular weight excluding hydrogens is 184 g/mol. The molecule has 0 amide bonds. The number of rotatable bonds is 6. The van der Waals surface area contributed by atoms with E-state index >= 15 is 0 Å². The SMILES string of the molecule is NCCN(Cc1ccccc1)CC1CC1. The fourth-order valence-corrected chi connectivity index (χ4v) is 1.92. The quantitative estimate of drug-likeness (QED) is 0.766. The maximum atomic E-state index is 5.64. The molecule has 15 heavy (non-hydrogen) atoms. The highest BCUT2D eigenvalue weighted by Gasteiger charge is 2.23. The van der Waals surface area contributed by atoms with Crippen molar-refractivity contribution < 1.29 is 0 Å². The monoisotopic (exact) mass is 204 g/mol. The van der Waals surface area contributed by atoms with Gasteiger partial charge in [-0.2, -0.15) is 0 Å². The van der Waals surface area contributed by atoms with Crippen LogP contribution in [0.2, 0.25) is 0 Å². The van der Waals surface area contributed by atoms with E-state index in [-0.39, 0.29) is 0 Å². The molecule has 1 aromatic carbocycles. The fourth-order valence-electron chi connectivity index (χ4n) is 1.92. The minimum atomic E-state index is 0.763. The van der Waals surface area contributed by atoms with Gasteiger partial charge in [-0.1, -0.05) is 30.3 Å². The Labute approximate surface area is 92.1 Å². The van der Waals surface area contributed by atoms with Crippen LogP contribution in [-0.2, 0) is 6.54 Å². The second-order valence-electron chi connectivity index (χ2n) is 4.45. The molecule has 1 aromatic rings. The molecule has 0 aromatic heterocycles. The van der Waals surface area contributed by atoms with E-state index in [1.165, 1.54) is 24.9 Å². The van der Waals surface area contributed by atoms with Crippen LogP contribution in [0.15, 0.2) is 30.3 Å². The van der Waals surface area contributed by atoms with Crippen molar-refractivity contribution in [3.05, 3.63) is 35.9 Å². The van der Waals surface area contributed by atoms with Crippen molar-refractivity contribution in [1.82, 2.24) is 4.90 Å². The van der Waals surface area contributed by atoms with Gasteiger partial charge in [-0.15, -0.1) is 0 Å². The van der Waals surface area contributed by atoms with Crippen molar-refractivity contribution >= 4 is 0 Å². The first kappa shape index (κ1) is 10.7. The molecule has 2 rings (SSSR count). The Morgan fingerprint density at radius 1 is 1.20 bits per heavy atom. The topological polar surface area (TPSA) is 29.3 Å². The van der Waals surface area contributed by atoms with Crippen molar-refractivity contribution in [3.8, 4) is 0 Å². The van der Waals surface area contributed by atoms with Crippen molar-refractivity contribution in [2.45, 2.75) is 19.4 Å². The Bertz CT molecular complexity index is 280. The predicted molar refractivity (Wildman–Crippen MR) is 63.5 cm³/mol. The molecule has 0 aliphatic heterocycles. The van der Waals surface area contributed by atoms with Gasteiger partial charge >= 0.3 is 0 Å². The third-order valence-electron chi connectivity index (χ3n) is 2.91. The maximum absolute atomic E-state index is 5.64. The van der Waals surface area contributed by atoms with Gasteiger partial charge in [0.25, 0.3) is 0 Å².